The first kappa shape index (κ1) is 18.6. The highest BCUT2D eigenvalue weighted by Gasteiger charge is 2.14. The summed E-state index contributed by atoms with van der Waals surface area (Å²) in [6, 6.07) is 7.33. The molecule has 1 aromatic carbocycles. The molecule has 0 fully saturated rings. The van der Waals surface area contributed by atoms with Crippen molar-refractivity contribution in [3.8, 4) is 17.1 Å². The molecule has 6 nitrogen and oxygen atoms in total. The van der Waals surface area contributed by atoms with Crippen molar-refractivity contribution in [1.29, 1.82) is 5.41 Å². The van der Waals surface area contributed by atoms with E-state index in [0.717, 1.165) is 5.39 Å². The van der Waals surface area contributed by atoms with Crippen LogP contribution in [0.15, 0.2) is 30.5 Å². The fourth-order valence-electron chi connectivity index (χ4n) is 2.60. The second-order valence-corrected chi connectivity index (χ2v) is 6.35. The predicted octanol–water partition coefficient (Wildman–Crippen LogP) is 3.84. The largest absolute Gasteiger partial charge is 0.461 e. The van der Waals surface area contributed by atoms with Gasteiger partial charge in [0.2, 0.25) is 0 Å². The number of ether oxygens (including phenoxy) is 2. The number of benzene rings is 1. The first-order valence-corrected chi connectivity index (χ1v) is 8.84. The standard InChI is InChI=1S/C18H18Cl2N4O2/c1-3-25-7-8-26-18-22-10-11-9-12(16(21)24(2)17(11)23-18)15-13(19)5-4-6-14(15)20/h4-6,9-10,21H,3,7-8H2,1-2H3. The lowest BCUT2D eigenvalue weighted by Gasteiger charge is -2.13. The van der Waals surface area contributed by atoms with Gasteiger partial charge < -0.3 is 14.0 Å². The van der Waals surface area contributed by atoms with Gasteiger partial charge in [-0.2, -0.15) is 4.98 Å². The van der Waals surface area contributed by atoms with Crippen molar-refractivity contribution < 1.29 is 9.47 Å². The molecular formula is C18H18Cl2N4O2. The minimum Gasteiger partial charge on any atom is -0.461 e. The molecule has 0 aliphatic heterocycles. The summed E-state index contributed by atoms with van der Waals surface area (Å²) >= 11 is 12.6. The molecule has 3 aromatic rings. The van der Waals surface area contributed by atoms with Crippen LogP contribution in [-0.4, -0.2) is 34.4 Å². The summed E-state index contributed by atoms with van der Waals surface area (Å²) in [6.45, 7) is 3.39. The Morgan fingerprint density at radius 3 is 2.62 bits per heavy atom. The van der Waals surface area contributed by atoms with E-state index in [-0.39, 0.29) is 11.5 Å². The molecule has 0 unspecified atom stereocenters. The SMILES string of the molecule is CCOCCOc1ncc2cc(-c3c(Cl)cccc3Cl)c(=N)n(C)c2n1. The van der Waals surface area contributed by atoms with Crippen molar-refractivity contribution in [3.63, 3.8) is 0 Å². The molecule has 0 bridgehead atoms. The van der Waals surface area contributed by atoms with Gasteiger partial charge in [-0.05, 0) is 25.1 Å². The highest BCUT2D eigenvalue weighted by Crippen LogP contribution is 2.33. The smallest absolute Gasteiger partial charge is 0.318 e. The van der Waals surface area contributed by atoms with Gasteiger partial charge in [0.1, 0.15) is 17.7 Å². The van der Waals surface area contributed by atoms with Gasteiger partial charge in [-0.1, -0.05) is 29.3 Å². The number of nitrogens with zero attached hydrogens (tertiary/aromatic N) is 3. The van der Waals surface area contributed by atoms with E-state index >= 15 is 0 Å². The average Bonchev–Trinajstić information content (AvgIpc) is 2.63. The zero-order valence-electron chi connectivity index (χ0n) is 14.4. The zero-order valence-corrected chi connectivity index (χ0v) is 15.9. The number of halogens is 2. The Kier molecular flexibility index (Phi) is 5.76. The number of hydrogen-bond acceptors (Lipinski definition) is 5. The first-order chi connectivity index (χ1) is 12.5. The fraction of sp³-hybridized carbons (Fsp3) is 0.278. The quantitative estimate of drug-likeness (QED) is 0.646. The highest BCUT2D eigenvalue weighted by atomic mass is 35.5. The minimum atomic E-state index is 0.242. The molecule has 0 radical (unpaired) electrons. The van der Waals surface area contributed by atoms with Gasteiger partial charge in [0, 0.05) is 36.4 Å². The van der Waals surface area contributed by atoms with E-state index in [4.69, 9.17) is 38.1 Å². The van der Waals surface area contributed by atoms with E-state index in [9.17, 15) is 0 Å². The fourth-order valence-corrected chi connectivity index (χ4v) is 3.20. The van der Waals surface area contributed by atoms with E-state index in [1.165, 1.54) is 0 Å². The van der Waals surface area contributed by atoms with Crippen LogP contribution in [0.25, 0.3) is 22.2 Å². The molecule has 2 aromatic heterocycles. The molecule has 0 saturated carbocycles. The summed E-state index contributed by atoms with van der Waals surface area (Å²) in [5.41, 5.74) is 2.06. The number of aromatic nitrogens is 3. The maximum Gasteiger partial charge on any atom is 0.318 e. The number of pyridine rings is 1. The number of nitrogens with one attached hydrogen (secondary N) is 1. The third kappa shape index (κ3) is 3.67. The second-order valence-electron chi connectivity index (χ2n) is 5.54. The van der Waals surface area contributed by atoms with E-state index in [0.29, 0.717) is 46.6 Å². The number of hydrogen-bond donors (Lipinski definition) is 1. The number of aryl methyl sites for hydroxylation is 1. The summed E-state index contributed by atoms with van der Waals surface area (Å²) in [6.07, 6.45) is 1.66. The molecule has 0 atom stereocenters. The van der Waals surface area contributed by atoms with Crippen LogP contribution in [0.4, 0.5) is 0 Å². The molecule has 3 rings (SSSR count). The Morgan fingerprint density at radius 1 is 1.19 bits per heavy atom. The minimum absolute atomic E-state index is 0.242. The maximum absolute atomic E-state index is 8.50. The van der Waals surface area contributed by atoms with E-state index in [2.05, 4.69) is 9.97 Å². The molecule has 1 N–H and O–H groups in total. The lowest BCUT2D eigenvalue weighted by atomic mass is 10.1. The average molecular weight is 393 g/mol. The normalized spacial score (nSPS) is 11.1. The topological polar surface area (TPSA) is 73.0 Å². The Bertz CT molecular complexity index is 984. The Labute approximate surface area is 160 Å². The molecule has 136 valence electrons. The lowest BCUT2D eigenvalue weighted by molar-refractivity contribution is 0.106. The van der Waals surface area contributed by atoms with Crippen LogP contribution in [0, 0.1) is 5.41 Å². The summed E-state index contributed by atoms with van der Waals surface area (Å²) in [7, 11) is 1.76. The van der Waals surface area contributed by atoms with Crippen LogP contribution in [0.2, 0.25) is 10.0 Å². The van der Waals surface area contributed by atoms with Crippen LogP contribution >= 0.6 is 23.2 Å². The highest BCUT2D eigenvalue weighted by molar-refractivity contribution is 6.39. The summed E-state index contributed by atoms with van der Waals surface area (Å²) < 4.78 is 12.4. The summed E-state index contributed by atoms with van der Waals surface area (Å²) in [5, 5.41) is 10.2. The van der Waals surface area contributed by atoms with Gasteiger partial charge >= 0.3 is 6.01 Å². The van der Waals surface area contributed by atoms with E-state index < -0.39 is 0 Å². The van der Waals surface area contributed by atoms with E-state index in [1.54, 1.807) is 36.0 Å². The van der Waals surface area contributed by atoms with Crippen LogP contribution in [-0.2, 0) is 11.8 Å². The van der Waals surface area contributed by atoms with Crippen LogP contribution in [0.1, 0.15) is 6.92 Å². The van der Waals surface area contributed by atoms with Crippen molar-refractivity contribution in [2.75, 3.05) is 19.8 Å². The van der Waals surface area contributed by atoms with Crippen molar-refractivity contribution >= 4 is 34.2 Å². The first-order valence-electron chi connectivity index (χ1n) is 8.09. The van der Waals surface area contributed by atoms with Crippen molar-refractivity contribution in [3.05, 3.63) is 46.0 Å². The summed E-state index contributed by atoms with van der Waals surface area (Å²) in [5.74, 6) is 0. The third-order valence-corrected chi connectivity index (χ3v) is 4.51. The molecule has 0 aliphatic rings. The molecule has 0 spiro atoms. The molecule has 0 saturated heterocycles. The van der Waals surface area contributed by atoms with Crippen LogP contribution in [0.5, 0.6) is 6.01 Å². The third-order valence-electron chi connectivity index (χ3n) is 3.88. The van der Waals surface area contributed by atoms with Crippen LogP contribution in [0.3, 0.4) is 0 Å². The van der Waals surface area contributed by atoms with E-state index in [1.807, 2.05) is 13.0 Å². The molecule has 0 aliphatic carbocycles. The monoisotopic (exact) mass is 392 g/mol. The van der Waals surface area contributed by atoms with Crippen molar-refractivity contribution in [2.24, 2.45) is 7.05 Å². The maximum atomic E-state index is 8.50. The molecule has 26 heavy (non-hydrogen) atoms. The molecular weight excluding hydrogens is 375 g/mol. The van der Waals surface area contributed by atoms with Gasteiger partial charge in [0.15, 0.2) is 0 Å². The second kappa shape index (κ2) is 8.03. The number of fused-ring (bicyclic) bond motifs is 1. The number of rotatable bonds is 6. The Balaban J connectivity index is 2.05. The molecule has 2 heterocycles. The van der Waals surface area contributed by atoms with Gasteiger partial charge in [0.25, 0.3) is 0 Å². The van der Waals surface area contributed by atoms with Crippen LogP contribution < -0.4 is 10.2 Å². The van der Waals surface area contributed by atoms with Gasteiger partial charge in [-0.15, -0.1) is 0 Å². The summed E-state index contributed by atoms with van der Waals surface area (Å²) in [4.78, 5) is 8.63. The Hall–Kier alpha value is -2.15. The Morgan fingerprint density at radius 2 is 1.92 bits per heavy atom. The van der Waals surface area contributed by atoms with Crippen molar-refractivity contribution in [1.82, 2.24) is 14.5 Å². The van der Waals surface area contributed by atoms with Gasteiger partial charge in [-0.25, -0.2) is 4.98 Å². The van der Waals surface area contributed by atoms with Crippen molar-refractivity contribution in [2.45, 2.75) is 6.92 Å². The zero-order chi connectivity index (χ0) is 18.7. The van der Waals surface area contributed by atoms with Gasteiger partial charge in [0.05, 0.1) is 16.7 Å². The van der Waals surface area contributed by atoms with Gasteiger partial charge in [-0.3, -0.25) is 5.41 Å². The molecule has 0 amide bonds. The lowest BCUT2D eigenvalue weighted by Crippen LogP contribution is -2.20. The molecule has 8 heteroatoms. The predicted molar refractivity (Wildman–Crippen MR) is 102 cm³/mol.